The summed E-state index contributed by atoms with van der Waals surface area (Å²) in [6.45, 7) is 4.02. The molecule has 1 saturated heterocycles. The molecular formula is C13H20N4O. The maximum atomic E-state index is 12.2. The van der Waals surface area contributed by atoms with E-state index in [9.17, 15) is 4.79 Å². The Morgan fingerprint density at radius 3 is 2.89 bits per heavy atom. The zero-order valence-electron chi connectivity index (χ0n) is 11.0. The Bertz CT molecular complexity index is 473. The van der Waals surface area contributed by atoms with E-state index in [0.29, 0.717) is 5.41 Å². The van der Waals surface area contributed by atoms with Crippen molar-refractivity contribution in [3.8, 4) is 0 Å². The van der Waals surface area contributed by atoms with Crippen LogP contribution >= 0.6 is 0 Å². The van der Waals surface area contributed by atoms with Crippen molar-refractivity contribution in [1.29, 1.82) is 0 Å². The predicted molar refractivity (Wildman–Crippen MR) is 69.2 cm³/mol. The molecule has 1 saturated carbocycles. The van der Waals surface area contributed by atoms with E-state index in [1.165, 1.54) is 0 Å². The summed E-state index contributed by atoms with van der Waals surface area (Å²) in [4.78, 5) is 12.2. The maximum absolute atomic E-state index is 12.2. The van der Waals surface area contributed by atoms with E-state index in [2.05, 4.69) is 15.7 Å². The fourth-order valence-corrected chi connectivity index (χ4v) is 3.14. The molecule has 5 nitrogen and oxygen atoms in total. The van der Waals surface area contributed by atoms with Crippen molar-refractivity contribution in [3.05, 3.63) is 11.9 Å². The Kier molecular flexibility index (Phi) is 2.66. The van der Waals surface area contributed by atoms with Crippen LogP contribution in [0.3, 0.4) is 0 Å². The van der Waals surface area contributed by atoms with Crippen molar-refractivity contribution >= 4 is 11.6 Å². The number of aromatic nitrogens is 2. The highest BCUT2D eigenvalue weighted by molar-refractivity contribution is 5.95. The SMILES string of the molecule is Cc1nn(C)cc1NC(=O)C1CC12CCNCC2. The molecule has 1 amide bonds. The van der Waals surface area contributed by atoms with Crippen LogP contribution in [0.4, 0.5) is 5.69 Å². The van der Waals surface area contributed by atoms with E-state index in [0.717, 1.165) is 43.7 Å². The van der Waals surface area contributed by atoms with Crippen molar-refractivity contribution in [1.82, 2.24) is 15.1 Å². The molecule has 2 heterocycles. The number of carbonyl (C=O) groups is 1. The highest BCUT2D eigenvalue weighted by atomic mass is 16.2. The number of carbonyl (C=O) groups excluding carboxylic acids is 1. The number of nitrogens with zero attached hydrogens (tertiary/aromatic N) is 2. The monoisotopic (exact) mass is 248 g/mol. The molecule has 18 heavy (non-hydrogen) atoms. The Morgan fingerprint density at radius 1 is 1.56 bits per heavy atom. The molecule has 0 radical (unpaired) electrons. The third-order valence-electron chi connectivity index (χ3n) is 4.38. The molecular weight excluding hydrogens is 228 g/mol. The van der Waals surface area contributed by atoms with Crippen LogP contribution in [0.15, 0.2) is 6.20 Å². The number of piperidine rings is 1. The fraction of sp³-hybridized carbons (Fsp3) is 0.692. The Morgan fingerprint density at radius 2 is 2.28 bits per heavy atom. The quantitative estimate of drug-likeness (QED) is 0.822. The van der Waals surface area contributed by atoms with Crippen LogP contribution in [-0.4, -0.2) is 28.8 Å². The van der Waals surface area contributed by atoms with Gasteiger partial charge in [0.15, 0.2) is 0 Å². The third-order valence-corrected chi connectivity index (χ3v) is 4.38. The molecule has 0 aromatic carbocycles. The fourth-order valence-electron chi connectivity index (χ4n) is 3.14. The van der Waals surface area contributed by atoms with Crippen LogP contribution in [0.1, 0.15) is 25.0 Å². The van der Waals surface area contributed by atoms with E-state index >= 15 is 0 Å². The summed E-state index contributed by atoms with van der Waals surface area (Å²) in [5.74, 6) is 0.382. The van der Waals surface area contributed by atoms with Gasteiger partial charge < -0.3 is 10.6 Å². The summed E-state index contributed by atoms with van der Waals surface area (Å²) in [5.41, 5.74) is 2.02. The Hall–Kier alpha value is -1.36. The standard InChI is InChI=1S/C13H20N4O/c1-9-11(8-17(2)16-9)15-12(18)10-7-13(10)3-5-14-6-4-13/h8,10,14H,3-7H2,1-2H3,(H,15,18). The molecule has 1 atom stereocenters. The van der Waals surface area contributed by atoms with Gasteiger partial charge in [-0.2, -0.15) is 5.10 Å². The van der Waals surface area contributed by atoms with Gasteiger partial charge in [0, 0.05) is 19.2 Å². The molecule has 1 aliphatic carbocycles. The minimum Gasteiger partial charge on any atom is -0.323 e. The summed E-state index contributed by atoms with van der Waals surface area (Å²) in [6, 6.07) is 0. The summed E-state index contributed by atoms with van der Waals surface area (Å²) in [5, 5.41) is 10.6. The van der Waals surface area contributed by atoms with Gasteiger partial charge >= 0.3 is 0 Å². The summed E-state index contributed by atoms with van der Waals surface area (Å²) in [6.07, 6.45) is 5.19. The first kappa shape index (κ1) is 11.7. The average molecular weight is 248 g/mol. The van der Waals surface area contributed by atoms with E-state index in [-0.39, 0.29) is 11.8 Å². The minimum absolute atomic E-state index is 0.174. The van der Waals surface area contributed by atoms with Crippen molar-refractivity contribution in [2.45, 2.75) is 26.2 Å². The normalized spacial score (nSPS) is 25.1. The number of anilines is 1. The minimum atomic E-state index is 0.174. The molecule has 5 heteroatoms. The summed E-state index contributed by atoms with van der Waals surface area (Å²) < 4.78 is 1.73. The first-order valence-corrected chi connectivity index (χ1v) is 6.63. The smallest absolute Gasteiger partial charge is 0.228 e. The van der Waals surface area contributed by atoms with E-state index in [1.54, 1.807) is 4.68 Å². The molecule has 2 fully saturated rings. The van der Waals surface area contributed by atoms with Gasteiger partial charge in [0.2, 0.25) is 5.91 Å². The molecule has 1 aromatic heterocycles. The summed E-state index contributed by atoms with van der Waals surface area (Å²) in [7, 11) is 1.87. The molecule has 98 valence electrons. The van der Waals surface area contributed by atoms with Gasteiger partial charge in [-0.1, -0.05) is 0 Å². The van der Waals surface area contributed by atoms with Gasteiger partial charge in [-0.25, -0.2) is 0 Å². The zero-order chi connectivity index (χ0) is 12.8. The topological polar surface area (TPSA) is 59.0 Å². The molecule has 2 aliphatic rings. The maximum Gasteiger partial charge on any atom is 0.228 e. The van der Waals surface area contributed by atoms with Crippen molar-refractivity contribution in [3.63, 3.8) is 0 Å². The summed E-state index contributed by atoms with van der Waals surface area (Å²) >= 11 is 0. The first-order valence-electron chi connectivity index (χ1n) is 6.63. The van der Waals surface area contributed by atoms with Gasteiger partial charge in [-0.15, -0.1) is 0 Å². The molecule has 1 unspecified atom stereocenters. The van der Waals surface area contributed by atoms with Crippen LogP contribution < -0.4 is 10.6 Å². The number of hydrogen-bond acceptors (Lipinski definition) is 3. The van der Waals surface area contributed by atoms with Crippen molar-refractivity contribution < 1.29 is 4.79 Å². The lowest BCUT2D eigenvalue weighted by molar-refractivity contribution is -0.118. The third kappa shape index (κ3) is 1.92. The highest BCUT2D eigenvalue weighted by Crippen LogP contribution is 2.58. The van der Waals surface area contributed by atoms with Gasteiger partial charge in [0.25, 0.3) is 0 Å². The molecule has 1 aromatic rings. The zero-order valence-corrected chi connectivity index (χ0v) is 11.0. The van der Waals surface area contributed by atoms with E-state index in [1.807, 2.05) is 20.2 Å². The number of rotatable bonds is 2. The van der Waals surface area contributed by atoms with Gasteiger partial charge in [-0.05, 0) is 44.7 Å². The average Bonchev–Trinajstić information content (AvgIpc) is 2.93. The van der Waals surface area contributed by atoms with Crippen LogP contribution in [0.2, 0.25) is 0 Å². The predicted octanol–water partition coefficient (Wildman–Crippen LogP) is 1.06. The molecule has 0 bridgehead atoms. The lowest BCUT2D eigenvalue weighted by atomic mass is 9.92. The second-order valence-corrected chi connectivity index (χ2v) is 5.66. The highest BCUT2D eigenvalue weighted by Gasteiger charge is 2.57. The number of hydrogen-bond donors (Lipinski definition) is 2. The van der Waals surface area contributed by atoms with Gasteiger partial charge in [0.05, 0.1) is 11.4 Å². The van der Waals surface area contributed by atoms with Crippen LogP contribution in [0, 0.1) is 18.3 Å². The number of nitrogens with one attached hydrogen (secondary N) is 2. The van der Waals surface area contributed by atoms with E-state index < -0.39 is 0 Å². The van der Waals surface area contributed by atoms with Crippen molar-refractivity contribution in [2.24, 2.45) is 18.4 Å². The van der Waals surface area contributed by atoms with Gasteiger partial charge in [0.1, 0.15) is 0 Å². The second-order valence-electron chi connectivity index (χ2n) is 5.66. The lowest BCUT2D eigenvalue weighted by Crippen LogP contribution is -2.31. The van der Waals surface area contributed by atoms with E-state index in [4.69, 9.17) is 0 Å². The van der Waals surface area contributed by atoms with Crippen LogP contribution in [0.5, 0.6) is 0 Å². The lowest BCUT2D eigenvalue weighted by Gasteiger charge is -2.23. The molecule has 3 rings (SSSR count). The first-order chi connectivity index (χ1) is 8.61. The van der Waals surface area contributed by atoms with Crippen LogP contribution in [-0.2, 0) is 11.8 Å². The molecule has 2 N–H and O–H groups in total. The van der Waals surface area contributed by atoms with Gasteiger partial charge in [-0.3, -0.25) is 9.48 Å². The Balaban J connectivity index is 1.65. The second kappa shape index (κ2) is 4.09. The molecule has 1 aliphatic heterocycles. The molecule has 1 spiro atoms. The number of aryl methyl sites for hydroxylation is 2. The largest absolute Gasteiger partial charge is 0.323 e. The Labute approximate surface area is 107 Å². The number of amides is 1. The van der Waals surface area contributed by atoms with Crippen molar-refractivity contribution in [2.75, 3.05) is 18.4 Å². The van der Waals surface area contributed by atoms with Crippen LogP contribution in [0.25, 0.3) is 0 Å².